The first-order valence-electron chi connectivity index (χ1n) is 8.78. The highest BCUT2D eigenvalue weighted by atomic mass is 16.6. The van der Waals surface area contributed by atoms with Gasteiger partial charge in [-0.1, -0.05) is 6.92 Å². The minimum Gasteiger partial charge on any atom is -0.480 e. The van der Waals surface area contributed by atoms with Crippen LogP contribution in [0.25, 0.3) is 0 Å². The van der Waals surface area contributed by atoms with Gasteiger partial charge in [-0.05, 0) is 38.5 Å². The van der Waals surface area contributed by atoms with E-state index in [4.69, 9.17) is 9.47 Å². The van der Waals surface area contributed by atoms with E-state index in [-0.39, 0.29) is 12.6 Å². The van der Waals surface area contributed by atoms with E-state index in [0.29, 0.717) is 45.1 Å². The number of carboxylic acid groups (broad SMARTS) is 1. The summed E-state index contributed by atoms with van der Waals surface area (Å²) in [4.78, 5) is 37.8. The lowest BCUT2D eigenvalue weighted by atomic mass is 9.86. The van der Waals surface area contributed by atoms with Gasteiger partial charge in [0.1, 0.15) is 6.04 Å². The minimum absolute atomic E-state index is 0.194. The fourth-order valence-corrected chi connectivity index (χ4v) is 3.51. The van der Waals surface area contributed by atoms with Crippen molar-refractivity contribution in [2.24, 2.45) is 5.92 Å². The van der Waals surface area contributed by atoms with E-state index in [1.807, 2.05) is 0 Å². The number of hydrogen-bond donors (Lipinski definition) is 2. The number of amides is 1. The fraction of sp³-hybridized carbons (Fsp3) is 0.824. The van der Waals surface area contributed by atoms with Gasteiger partial charge < -0.3 is 24.6 Å². The molecule has 0 aromatic rings. The van der Waals surface area contributed by atoms with Crippen LogP contribution in [-0.2, 0) is 23.9 Å². The Hall–Kier alpha value is -1.51. The Morgan fingerprint density at radius 1 is 1.24 bits per heavy atom. The SMILES string of the molecule is COCC[C@@H]1CC[C@@H](C)[C@](O)(C(=O)C(=O)N2CCCC[C@H]2C(=O)O)O1. The van der Waals surface area contributed by atoms with Crippen LogP contribution < -0.4 is 0 Å². The molecule has 2 aliphatic heterocycles. The van der Waals surface area contributed by atoms with E-state index in [0.717, 1.165) is 4.90 Å². The first-order valence-corrected chi connectivity index (χ1v) is 8.78. The first-order chi connectivity index (χ1) is 11.8. The van der Waals surface area contributed by atoms with Crippen LogP contribution in [0.5, 0.6) is 0 Å². The number of hydrogen-bond acceptors (Lipinski definition) is 6. The number of Topliss-reactive ketones (excluding diaryl/α,β-unsaturated/α-hetero) is 1. The Kier molecular flexibility index (Phi) is 6.53. The summed E-state index contributed by atoms with van der Waals surface area (Å²) in [5.41, 5.74) is 0. The molecule has 2 heterocycles. The lowest BCUT2D eigenvalue weighted by Crippen LogP contribution is -2.60. The highest BCUT2D eigenvalue weighted by molar-refractivity contribution is 6.39. The van der Waals surface area contributed by atoms with Crippen molar-refractivity contribution in [2.75, 3.05) is 20.3 Å². The Bertz CT molecular complexity index is 521. The number of likely N-dealkylation sites (tertiary alicyclic amines) is 1. The van der Waals surface area contributed by atoms with Gasteiger partial charge in [0, 0.05) is 26.2 Å². The van der Waals surface area contributed by atoms with Gasteiger partial charge in [-0.3, -0.25) is 9.59 Å². The second-order valence-corrected chi connectivity index (χ2v) is 6.87. The second kappa shape index (κ2) is 8.25. The molecule has 2 fully saturated rings. The maximum atomic E-state index is 12.7. The molecule has 0 aliphatic carbocycles. The summed E-state index contributed by atoms with van der Waals surface area (Å²) in [5, 5.41) is 20.1. The molecule has 0 radical (unpaired) electrons. The molecule has 0 bridgehead atoms. The largest absolute Gasteiger partial charge is 0.480 e. The Balaban J connectivity index is 2.15. The van der Waals surface area contributed by atoms with Crippen molar-refractivity contribution in [1.82, 2.24) is 4.90 Å². The van der Waals surface area contributed by atoms with Crippen LogP contribution in [0.3, 0.4) is 0 Å². The molecular formula is C17H27NO7. The Labute approximate surface area is 147 Å². The first kappa shape index (κ1) is 19.8. The maximum Gasteiger partial charge on any atom is 0.326 e. The summed E-state index contributed by atoms with van der Waals surface area (Å²) in [7, 11) is 1.55. The van der Waals surface area contributed by atoms with Crippen LogP contribution in [0.15, 0.2) is 0 Å². The Morgan fingerprint density at radius 3 is 2.60 bits per heavy atom. The van der Waals surface area contributed by atoms with Crippen molar-refractivity contribution in [3.63, 3.8) is 0 Å². The van der Waals surface area contributed by atoms with E-state index in [1.54, 1.807) is 14.0 Å². The number of aliphatic carboxylic acids is 1. The number of rotatable bonds is 6. The Morgan fingerprint density at radius 2 is 1.96 bits per heavy atom. The van der Waals surface area contributed by atoms with Gasteiger partial charge in [-0.25, -0.2) is 4.79 Å². The van der Waals surface area contributed by atoms with E-state index < -0.39 is 35.4 Å². The molecule has 142 valence electrons. The molecule has 8 nitrogen and oxygen atoms in total. The zero-order chi connectivity index (χ0) is 18.6. The molecule has 0 unspecified atom stereocenters. The highest BCUT2D eigenvalue weighted by Gasteiger charge is 2.52. The zero-order valence-corrected chi connectivity index (χ0v) is 14.8. The van der Waals surface area contributed by atoms with Crippen molar-refractivity contribution in [3.05, 3.63) is 0 Å². The molecule has 8 heteroatoms. The average molecular weight is 357 g/mol. The number of methoxy groups -OCH3 is 1. The summed E-state index contributed by atoms with van der Waals surface area (Å²) in [6.07, 6.45) is 2.95. The molecule has 2 rings (SSSR count). The molecule has 2 N–H and O–H groups in total. The van der Waals surface area contributed by atoms with Crippen LogP contribution in [0.4, 0.5) is 0 Å². The van der Waals surface area contributed by atoms with E-state index >= 15 is 0 Å². The molecule has 0 aromatic carbocycles. The van der Waals surface area contributed by atoms with Crippen LogP contribution in [0, 0.1) is 5.92 Å². The summed E-state index contributed by atoms with van der Waals surface area (Å²) in [6, 6.07) is -1.03. The highest BCUT2D eigenvalue weighted by Crippen LogP contribution is 2.35. The van der Waals surface area contributed by atoms with E-state index in [1.165, 1.54) is 0 Å². The van der Waals surface area contributed by atoms with Crippen molar-refractivity contribution >= 4 is 17.7 Å². The van der Waals surface area contributed by atoms with Gasteiger partial charge >= 0.3 is 5.97 Å². The van der Waals surface area contributed by atoms with Gasteiger partial charge in [0.25, 0.3) is 11.7 Å². The van der Waals surface area contributed by atoms with Gasteiger partial charge in [0.05, 0.1) is 6.10 Å². The molecule has 2 aliphatic rings. The summed E-state index contributed by atoms with van der Waals surface area (Å²) in [5.74, 6) is -5.95. The molecule has 0 saturated carbocycles. The standard InChI is InChI=1S/C17H27NO7/c1-11-6-7-12(8-10-24-2)25-17(11,23)14(19)15(20)18-9-4-3-5-13(18)16(21)22/h11-13,23H,3-10H2,1-2H3,(H,21,22)/t11-,12+,13+,17-/m1/s1. The van der Waals surface area contributed by atoms with Crippen molar-refractivity contribution in [3.8, 4) is 0 Å². The van der Waals surface area contributed by atoms with Crippen LogP contribution in [0.2, 0.25) is 0 Å². The number of nitrogens with zero attached hydrogens (tertiary/aromatic N) is 1. The molecule has 4 atom stereocenters. The van der Waals surface area contributed by atoms with Crippen LogP contribution in [0.1, 0.15) is 45.4 Å². The molecule has 25 heavy (non-hydrogen) atoms. The number of ketones is 1. The third kappa shape index (κ3) is 4.19. The number of carbonyl (C=O) groups is 3. The fourth-order valence-electron chi connectivity index (χ4n) is 3.51. The molecule has 2 saturated heterocycles. The van der Waals surface area contributed by atoms with Crippen LogP contribution >= 0.6 is 0 Å². The predicted molar refractivity (Wildman–Crippen MR) is 86.7 cm³/mol. The average Bonchev–Trinajstić information content (AvgIpc) is 2.61. The van der Waals surface area contributed by atoms with Gasteiger partial charge in [0.2, 0.25) is 5.79 Å². The number of aliphatic hydroxyl groups is 1. The van der Waals surface area contributed by atoms with Crippen molar-refractivity contribution < 1.29 is 34.1 Å². The molecule has 0 aromatic heterocycles. The smallest absolute Gasteiger partial charge is 0.326 e. The van der Waals surface area contributed by atoms with Crippen molar-refractivity contribution in [2.45, 2.75) is 63.4 Å². The lowest BCUT2D eigenvalue weighted by molar-refractivity contribution is -0.264. The second-order valence-electron chi connectivity index (χ2n) is 6.87. The number of carbonyl (C=O) groups excluding carboxylic acids is 2. The molecule has 1 amide bonds. The monoisotopic (exact) mass is 357 g/mol. The van der Waals surface area contributed by atoms with E-state index in [9.17, 15) is 24.6 Å². The normalized spacial score (nSPS) is 33.1. The van der Waals surface area contributed by atoms with Crippen molar-refractivity contribution in [1.29, 1.82) is 0 Å². The van der Waals surface area contributed by atoms with Gasteiger partial charge in [-0.2, -0.15) is 0 Å². The zero-order valence-electron chi connectivity index (χ0n) is 14.8. The van der Waals surface area contributed by atoms with Crippen LogP contribution in [-0.4, -0.2) is 71.0 Å². The number of ether oxygens (including phenoxy) is 2. The third-order valence-corrected chi connectivity index (χ3v) is 5.15. The van der Waals surface area contributed by atoms with E-state index in [2.05, 4.69) is 0 Å². The lowest BCUT2D eigenvalue weighted by Gasteiger charge is -2.41. The topological polar surface area (TPSA) is 113 Å². The summed E-state index contributed by atoms with van der Waals surface area (Å²) >= 11 is 0. The third-order valence-electron chi connectivity index (χ3n) is 5.15. The van der Waals surface area contributed by atoms with Gasteiger partial charge in [0.15, 0.2) is 0 Å². The number of carboxylic acids is 1. The minimum atomic E-state index is -2.21. The maximum absolute atomic E-state index is 12.7. The number of piperidine rings is 1. The quantitative estimate of drug-likeness (QED) is 0.668. The molecular weight excluding hydrogens is 330 g/mol. The summed E-state index contributed by atoms with van der Waals surface area (Å²) in [6.45, 7) is 2.27. The molecule has 0 spiro atoms. The predicted octanol–water partition coefficient (Wildman–Crippen LogP) is 0.561. The van der Waals surface area contributed by atoms with Gasteiger partial charge in [-0.15, -0.1) is 0 Å². The summed E-state index contributed by atoms with van der Waals surface area (Å²) < 4.78 is 10.6.